The zero-order valence-corrected chi connectivity index (χ0v) is 7.77. The van der Waals surface area contributed by atoms with Gasteiger partial charge in [0.25, 0.3) is 0 Å². The molecule has 0 spiro atoms. The summed E-state index contributed by atoms with van der Waals surface area (Å²) in [4.78, 5) is 2.17. The van der Waals surface area contributed by atoms with Crippen LogP contribution in [0, 0.1) is 0 Å². The highest BCUT2D eigenvalue weighted by atomic mass is 15.0. The van der Waals surface area contributed by atoms with E-state index < -0.39 is 0 Å². The van der Waals surface area contributed by atoms with Gasteiger partial charge in [-0.15, -0.1) is 0 Å². The fourth-order valence-electron chi connectivity index (χ4n) is 1.68. The van der Waals surface area contributed by atoms with E-state index in [1.54, 1.807) is 5.57 Å². The maximum absolute atomic E-state index is 2.30. The van der Waals surface area contributed by atoms with E-state index in [4.69, 9.17) is 0 Å². The van der Waals surface area contributed by atoms with E-state index in [0.29, 0.717) is 0 Å². The first-order valence-electron chi connectivity index (χ1n) is 4.65. The Morgan fingerprint density at radius 3 is 2.00 bits per heavy atom. The van der Waals surface area contributed by atoms with Gasteiger partial charge < -0.3 is 4.90 Å². The molecule has 1 saturated carbocycles. The normalized spacial score (nSPS) is 19.3. The molecule has 1 rings (SSSR count). The van der Waals surface area contributed by atoms with Gasteiger partial charge in [0.15, 0.2) is 0 Å². The molecule has 64 valence electrons. The van der Waals surface area contributed by atoms with Gasteiger partial charge in [-0.25, -0.2) is 0 Å². The molecule has 0 heterocycles. The van der Waals surface area contributed by atoms with Crippen molar-refractivity contribution >= 4 is 0 Å². The van der Waals surface area contributed by atoms with Crippen LogP contribution >= 0.6 is 0 Å². The van der Waals surface area contributed by atoms with Crippen molar-refractivity contribution in [2.24, 2.45) is 0 Å². The molecule has 11 heavy (non-hydrogen) atoms. The number of hydrogen-bond acceptors (Lipinski definition) is 1. The predicted octanol–water partition coefficient (Wildman–Crippen LogP) is 2.79. The minimum atomic E-state index is 1.33. The van der Waals surface area contributed by atoms with Gasteiger partial charge in [-0.3, -0.25) is 0 Å². The van der Waals surface area contributed by atoms with Gasteiger partial charge in [0.2, 0.25) is 0 Å². The molecule has 0 aromatic carbocycles. The van der Waals surface area contributed by atoms with Crippen molar-refractivity contribution in [3.05, 3.63) is 11.8 Å². The van der Waals surface area contributed by atoms with Crippen LogP contribution in [0.3, 0.4) is 0 Å². The van der Waals surface area contributed by atoms with Crippen LogP contribution in [0.25, 0.3) is 0 Å². The standard InChI is InChI=1S/C10H19N/c1-11(2)9-10-7-5-3-4-6-8-10/h9H,3-8H2,1-2H3. The molecule has 0 aromatic rings. The zero-order chi connectivity index (χ0) is 8.10. The second kappa shape index (κ2) is 4.42. The molecule has 1 fully saturated rings. The number of nitrogens with zero attached hydrogens (tertiary/aromatic N) is 1. The fraction of sp³-hybridized carbons (Fsp3) is 0.800. The molecule has 0 saturated heterocycles. The van der Waals surface area contributed by atoms with Crippen molar-refractivity contribution in [3.63, 3.8) is 0 Å². The first-order valence-corrected chi connectivity index (χ1v) is 4.65. The molecule has 1 aliphatic carbocycles. The number of allylic oxidation sites excluding steroid dienone is 1. The van der Waals surface area contributed by atoms with Crippen molar-refractivity contribution in [2.45, 2.75) is 38.5 Å². The largest absolute Gasteiger partial charge is 0.384 e. The Balaban J connectivity index is 2.42. The van der Waals surface area contributed by atoms with Crippen LogP contribution in [0.1, 0.15) is 38.5 Å². The first-order chi connectivity index (χ1) is 5.29. The van der Waals surface area contributed by atoms with Crippen molar-refractivity contribution in [1.29, 1.82) is 0 Å². The summed E-state index contributed by atoms with van der Waals surface area (Å²) in [5.74, 6) is 0. The molecule has 1 nitrogen and oxygen atoms in total. The maximum atomic E-state index is 2.30. The summed E-state index contributed by atoms with van der Waals surface area (Å²) in [6, 6.07) is 0. The van der Waals surface area contributed by atoms with Gasteiger partial charge >= 0.3 is 0 Å². The van der Waals surface area contributed by atoms with E-state index >= 15 is 0 Å². The molecule has 0 aromatic heterocycles. The van der Waals surface area contributed by atoms with Gasteiger partial charge in [0.05, 0.1) is 0 Å². The number of rotatable bonds is 1. The van der Waals surface area contributed by atoms with Crippen LogP contribution in [0.5, 0.6) is 0 Å². The molecule has 0 bridgehead atoms. The number of hydrogen-bond donors (Lipinski definition) is 0. The second-order valence-electron chi connectivity index (χ2n) is 3.67. The minimum Gasteiger partial charge on any atom is -0.384 e. The van der Waals surface area contributed by atoms with Gasteiger partial charge in [0, 0.05) is 14.1 Å². The van der Waals surface area contributed by atoms with E-state index in [1.165, 1.54) is 38.5 Å². The molecular formula is C10H19N. The fourth-order valence-corrected chi connectivity index (χ4v) is 1.68. The predicted molar refractivity (Wildman–Crippen MR) is 49.5 cm³/mol. The van der Waals surface area contributed by atoms with Crippen LogP contribution < -0.4 is 0 Å². The molecule has 0 amide bonds. The Kier molecular flexibility index (Phi) is 3.47. The highest BCUT2D eigenvalue weighted by Crippen LogP contribution is 2.21. The lowest BCUT2D eigenvalue weighted by atomic mass is 10.1. The molecular weight excluding hydrogens is 134 g/mol. The van der Waals surface area contributed by atoms with Crippen molar-refractivity contribution in [3.8, 4) is 0 Å². The molecule has 1 heteroatoms. The summed E-state index contributed by atoms with van der Waals surface area (Å²) in [5, 5.41) is 0. The van der Waals surface area contributed by atoms with Crippen LogP contribution in [0.15, 0.2) is 11.8 Å². The van der Waals surface area contributed by atoms with Crippen molar-refractivity contribution in [1.82, 2.24) is 4.90 Å². The van der Waals surface area contributed by atoms with Gasteiger partial charge in [0.1, 0.15) is 0 Å². The molecule has 0 radical (unpaired) electrons. The van der Waals surface area contributed by atoms with Crippen molar-refractivity contribution < 1.29 is 0 Å². The molecule has 1 aliphatic rings. The lowest BCUT2D eigenvalue weighted by Gasteiger charge is -2.09. The smallest absolute Gasteiger partial charge is 0.00556 e. The Labute approximate surface area is 70.1 Å². The molecule has 0 unspecified atom stereocenters. The summed E-state index contributed by atoms with van der Waals surface area (Å²) in [5.41, 5.74) is 1.65. The van der Waals surface area contributed by atoms with E-state index in [-0.39, 0.29) is 0 Å². The minimum absolute atomic E-state index is 1.33. The molecule has 0 atom stereocenters. The lowest BCUT2D eigenvalue weighted by Crippen LogP contribution is -2.02. The third-order valence-electron chi connectivity index (χ3n) is 2.19. The van der Waals surface area contributed by atoms with Gasteiger partial charge in [-0.05, 0) is 31.9 Å². The first kappa shape index (κ1) is 8.63. The average molecular weight is 153 g/mol. The molecule has 0 aliphatic heterocycles. The third kappa shape index (κ3) is 3.45. The van der Waals surface area contributed by atoms with Crippen LogP contribution in [-0.4, -0.2) is 19.0 Å². The monoisotopic (exact) mass is 153 g/mol. The summed E-state index contributed by atoms with van der Waals surface area (Å²) in [7, 11) is 4.22. The van der Waals surface area contributed by atoms with Crippen LogP contribution in [0.2, 0.25) is 0 Å². The van der Waals surface area contributed by atoms with Crippen LogP contribution in [0.4, 0.5) is 0 Å². The maximum Gasteiger partial charge on any atom is 0.00556 e. The Morgan fingerprint density at radius 2 is 1.55 bits per heavy atom. The Hall–Kier alpha value is -0.460. The summed E-state index contributed by atoms with van der Waals surface area (Å²) in [6.45, 7) is 0. The van der Waals surface area contributed by atoms with Gasteiger partial charge in [-0.2, -0.15) is 0 Å². The Bertz CT molecular complexity index is 126. The summed E-state index contributed by atoms with van der Waals surface area (Å²) >= 11 is 0. The second-order valence-corrected chi connectivity index (χ2v) is 3.67. The third-order valence-corrected chi connectivity index (χ3v) is 2.19. The van der Waals surface area contributed by atoms with Gasteiger partial charge in [-0.1, -0.05) is 18.4 Å². The Morgan fingerprint density at radius 1 is 1.00 bits per heavy atom. The van der Waals surface area contributed by atoms with E-state index in [0.717, 1.165) is 0 Å². The quantitative estimate of drug-likeness (QED) is 0.524. The lowest BCUT2D eigenvalue weighted by molar-refractivity contribution is 0.551. The topological polar surface area (TPSA) is 3.24 Å². The summed E-state index contributed by atoms with van der Waals surface area (Å²) in [6.07, 6.45) is 10.6. The zero-order valence-electron chi connectivity index (χ0n) is 7.77. The van der Waals surface area contributed by atoms with Crippen molar-refractivity contribution in [2.75, 3.05) is 14.1 Å². The highest BCUT2D eigenvalue weighted by molar-refractivity contribution is 5.01. The SMILES string of the molecule is CN(C)C=C1CCCCCC1. The van der Waals surface area contributed by atoms with Crippen LogP contribution in [-0.2, 0) is 0 Å². The van der Waals surface area contributed by atoms with E-state index in [9.17, 15) is 0 Å². The average Bonchev–Trinajstić information content (AvgIpc) is 2.14. The van der Waals surface area contributed by atoms with E-state index in [1.807, 2.05) is 0 Å². The molecule has 0 N–H and O–H groups in total. The van der Waals surface area contributed by atoms with E-state index in [2.05, 4.69) is 25.2 Å². The summed E-state index contributed by atoms with van der Waals surface area (Å²) < 4.78 is 0. The highest BCUT2D eigenvalue weighted by Gasteiger charge is 2.03.